The molecule has 0 aromatic carbocycles. The van der Waals surface area contributed by atoms with Crippen molar-refractivity contribution >= 4 is 5.69 Å². The van der Waals surface area contributed by atoms with Crippen molar-refractivity contribution in [3.05, 3.63) is 17.7 Å². The molecule has 1 heterocycles. The molecular weight excluding hydrogens is 212 g/mol. The summed E-state index contributed by atoms with van der Waals surface area (Å²) in [5.41, 5.74) is 2.09. The highest BCUT2D eigenvalue weighted by Gasteiger charge is 2.09. The van der Waals surface area contributed by atoms with Crippen LogP contribution in [-0.4, -0.2) is 22.6 Å². The van der Waals surface area contributed by atoms with E-state index in [2.05, 4.69) is 55.2 Å². The molecule has 0 aliphatic heterocycles. The van der Waals surface area contributed by atoms with E-state index in [9.17, 15) is 0 Å². The van der Waals surface area contributed by atoms with Gasteiger partial charge in [-0.25, -0.2) is 9.97 Å². The first kappa shape index (κ1) is 13.9. The van der Waals surface area contributed by atoms with Crippen molar-refractivity contribution in [2.24, 2.45) is 0 Å². The number of rotatable bonds is 6. The van der Waals surface area contributed by atoms with Gasteiger partial charge in [0, 0.05) is 18.5 Å². The van der Waals surface area contributed by atoms with E-state index in [0.717, 1.165) is 30.3 Å². The van der Waals surface area contributed by atoms with Crippen LogP contribution in [-0.2, 0) is 6.54 Å². The van der Waals surface area contributed by atoms with Crippen molar-refractivity contribution in [1.82, 2.24) is 15.3 Å². The average Bonchev–Trinajstić information content (AvgIpc) is 2.26. The summed E-state index contributed by atoms with van der Waals surface area (Å²) in [6.45, 7) is 12.3. The van der Waals surface area contributed by atoms with Gasteiger partial charge >= 0.3 is 0 Å². The van der Waals surface area contributed by atoms with E-state index in [4.69, 9.17) is 0 Å². The molecule has 17 heavy (non-hydrogen) atoms. The highest BCUT2D eigenvalue weighted by Crippen LogP contribution is 2.17. The molecule has 0 radical (unpaired) electrons. The predicted molar refractivity (Wildman–Crippen MR) is 72.3 cm³/mol. The molecule has 96 valence electrons. The first-order valence-corrected chi connectivity index (χ1v) is 6.37. The Balaban J connectivity index is 2.94. The zero-order chi connectivity index (χ0) is 12.8. The van der Waals surface area contributed by atoms with Gasteiger partial charge in [-0.05, 0) is 20.4 Å². The quantitative estimate of drug-likeness (QED) is 0.797. The molecule has 2 N–H and O–H groups in total. The van der Waals surface area contributed by atoms with E-state index >= 15 is 0 Å². The number of anilines is 1. The molecule has 1 aromatic rings. The first-order valence-electron chi connectivity index (χ1n) is 6.37. The molecule has 0 atom stereocenters. The van der Waals surface area contributed by atoms with Crippen LogP contribution in [0.2, 0.25) is 0 Å². The van der Waals surface area contributed by atoms with Crippen molar-refractivity contribution in [3.63, 3.8) is 0 Å². The molecular formula is C13H24N4. The average molecular weight is 236 g/mol. The second kappa shape index (κ2) is 6.55. The van der Waals surface area contributed by atoms with Gasteiger partial charge < -0.3 is 10.6 Å². The molecule has 0 spiro atoms. The Bertz CT molecular complexity index is 347. The van der Waals surface area contributed by atoms with Gasteiger partial charge in [-0.3, -0.25) is 0 Å². The molecule has 0 amide bonds. The lowest BCUT2D eigenvalue weighted by molar-refractivity contribution is 0.686. The van der Waals surface area contributed by atoms with E-state index in [1.165, 1.54) is 0 Å². The van der Waals surface area contributed by atoms with Gasteiger partial charge in [0.05, 0.1) is 17.6 Å². The fourth-order valence-corrected chi connectivity index (χ4v) is 1.52. The van der Waals surface area contributed by atoms with E-state index in [1.807, 2.05) is 6.20 Å². The second-order valence-electron chi connectivity index (χ2n) is 4.82. The lowest BCUT2D eigenvalue weighted by Crippen LogP contribution is -2.19. The third kappa shape index (κ3) is 4.30. The Morgan fingerprint density at radius 1 is 1.24 bits per heavy atom. The monoisotopic (exact) mass is 236 g/mol. The van der Waals surface area contributed by atoms with Crippen LogP contribution in [0.4, 0.5) is 5.69 Å². The second-order valence-corrected chi connectivity index (χ2v) is 4.82. The highest BCUT2D eigenvalue weighted by molar-refractivity contribution is 5.46. The Labute approximate surface area is 104 Å². The van der Waals surface area contributed by atoms with Crippen LogP contribution in [0.15, 0.2) is 6.20 Å². The van der Waals surface area contributed by atoms with E-state index in [-0.39, 0.29) is 0 Å². The van der Waals surface area contributed by atoms with Gasteiger partial charge in [0.25, 0.3) is 0 Å². The molecule has 4 nitrogen and oxygen atoms in total. The van der Waals surface area contributed by atoms with Crippen molar-refractivity contribution in [2.45, 2.75) is 53.1 Å². The topological polar surface area (TPSA) is 49.8 Å². The maximum Gasteiger partial charge on any atom is 0.131 e. The molecule has 0 bridgehead atoms. The van der Waals surface area contributed by atoms with E-state index in [1.54, 1.807) is 0 Å². The van der Waals surface area contributed by atoms with Crippen LogP contribution >= 0.6 is 0 Å². The summed E-state index contributed by atoms with van der Waals surface area (Å²) in [7, 11) is 0. The van der Waals surface area contributed by atoms with Gasteiger partial charge in [0.1, 0.15) is 5.82 Å². The van der Waals surface area contributed by atoms with Gasteiger partial charge in [-0.1, -0.05) is 20.8 Å². The van der Waals surface area contributed by atoms with Crippen LogP contribution in [0.3, 0.4) is 0 Å². The molecule has 0 fully saturated rings. The summed E-state index contributed by atoms with van der Waals surface area (Å²) in [5, 5.41) is 6.70. The number of hydrogen-bond donors (Lipinski definition) is 2. The molecule has 1 rings (SSSR count). The fourth-order valence-electron chi connectivity index (χ4n) is 1.52. The molecule has 1 aromatic heterocycles. The Kier molecular flexibility index (Phi) is 5.35. The Morgan fingerprint density at radius 3 is 2.47 bits per heavy atom. The molecule has 0 aliphatic rings. The largest absolute Gasteiger partial charge is 0.380 e. The third-order valence-electron chi connectivity index (χ3n) is 2.39. The number of nitrogens with one attached hydrogen (secondary N) is 2. The van der Waals surface area contributed by atoms with Crippen molar-refractivity contribution in [1.29, 1.82) is 0 Å². The van der Waals surface area contributed by atoms with E-state index < -0.39 is 0 Å². The minimum atomic E-state index is 0.364. The minimum absolute atomic E-state index is 0.364. The smallest absolute Gasteiger partial charge is 0.131 e. The summed E-state index contributed by atoms with van der Waals surface area (Å²) < 4.78 is 0. The van der Waals surface area contributed by atoms with Crippen molar-refractivity contribution in [2.75, 3.05) is 11.9 Å². The maximum atomic E-state index is 4.63. The normalized spacial score (nSPS) is 11.2. The standard InChI is InChI=1S/C13H24N4/c1-6-14-7-11-12(16-10(4)5)8-15-13(17-11)9(2)3/h8-10,14,16H,6-7H2,1-5H3. The van der Waals surface area contributed by atoms with Crippen molar-refractivity contribution < 1.29 is 0 Å². The van der Waals surface area contributed by atoms with Gasteiger partial charge in [-0.2, -0.15) is 0 Å². The van der Waals surface area contributed by atoms with Crippen LogP contribution in [0.25, 0.3) is 0 Å². The predicted octanol–water partition coefficient (Wildman–Crippen LogP) is 2.53. The fraction of sp³-hybridized carbons (Fsp3) is 0.692. The number of nitrogens with zero attached hydrogens (tertiary/aromatic N) is 2. The van der Waals surface area contributed by atoms with Crippen LogP contribution in [0.5, 0.6) is 0 Å². The Morgan fingerprint density at radius 2 is 1.94 bits per heavy atom. The summed E-state index contributed by atoms with van der Waals surface area (Å²) in [6.07, 6.45) is 1.90. The van der Waals surface area contributed by atoms with Gasteiger partial charge in [0.15, 0.2) is 0 Å². The summed E-state index contributed by atoms with van der Waals surface area (Å²) in [6, 6.07) is 0.392. The minimum Gasteiger partial charge on any atom is -0.380 e. The summed E-state index contributed by atoms with van der Waals surface area (Å²) in [5.74, 6) is 1.27. The first-order chi connectivity index (χ1) is 8.04. The summed E-state index contributed by atoms with van der Waals surface area (Å²) in [4.78, 5) is 9.03. The summed E-state index contributed by atoms with van der Waals surface area (Å²) >= 11 is 0. The lowest BCUT2D eigenvalue weighted by atomic mass is 10.2. The lowest BCUT2D eigenvalue weighted by Gasteiger charge is -2.15. The molecule has 4 heteroatoms. The van der Waals surface area contributed by atoms with E-state index in [0.29, 0.717) is 12.0 Å². The molecule has 0 saturated carbocycles. The molecule has 0 saturated heterocycles. The zero-order valence-corrected chi connectivity index (χ0v) is 11.5. The maximum absolute atomic E-state index is 4.63. The van der Waals surface area contributed by atoms with Crippen molar-refractivity contribution in [3.8, 4) is 0 Å². The SMILES string of the molecule is CCNCc1nc(C(C)C)ncc1NC(C)C. The highest BCUT2D eigenvalue weighted by atomic mass is 15.0. The number of aromatic nitrogens is 2. The van der Waals surface area contributed by atoms with Crippen LogP contribution in [0, 0.1) is 0 Å². The molecule has 0 aliphatic carbocycles. The van der Waals surface area contributed by atoms with Gasteiger partial charge in [0.2, 0.25) is 0 Å². The number of hydrogen-bond acceptors (Lipinski definition) is 4. The van der Waals surface area contributed by atoms with Crippen LogP contribution < -0.4 is 10.6 Å². The van der Waals surface area contributed by atoms with Crippen LogP contribution in [0.1, 0.15) is 52.1 Å². The molecule has 0 unspecified atom stereocenters. The third-order valence-corrected chi connectivity index (χ3v) is 2.39. The Hall–Kier alpha value is -1.16. The van der Waals surface area contributed by atoms with Gasteiger partial charge in [-0.15, -0.1) is 0 Å². The zero-order valence-electron chi connectivity index (χ0n) is 11.5.